The van der Waals surface area contributed by atoms with E-state index in [2.05, 4.69) is 17.2 Å². The van der Waals surface area contributed by atoms with Gasteiger partial charge in [0.15, 0.2) is 11.5 Å². The van der Waals surface area contributed by atoms with Crippen molar-refractivity contribution in [3.05, 3.63) is 76.6 Å². The Bertz CT molecular complexity index is 1060. The van der Waals surface area contributed by atoms with Gasteiger partial charge < -0.3 is 14.4 Å². The summed E-state index contributed by atoms with van der Waals surface area (Å²) in [5.74, 6) is 1.44. The second-order valence-electron chi connectivity index (χ2n) is 7.64. The Morgan fingerprint density at radius 2 is 1.77 bits per heavy atom. The molecule has 1 atom stereocenters. The molecule has 1 aromatic heterocycles. The monoisotopic (exact) mass is 405 g/mol. The third-order valence-corrected chi connectivity index (χ3v) is 5.70. The first kappa shape index (κ1) is 20.0. The molecule has 0 spiro atoms. The maximum Gasteiger partial charge on any atom is 0.245 e. The summed E-state index contributed by atoms with van der Waals surface area (Å²) in [5.41, 5.74) is 5.23. The van der Waals surface area contributed by atoms with Crippen molar-refractivity contribution in [3.8, 4) is 11.5 Å². The van der Waals surface area contributed by atoms with Crippen LogP contribution in [0.25, 0.3) is 0 Å². The molecule has 0 radical (unpaired) electrons. The molecule has 0 bridgehead atoms. The molecule has 0 saturated heterocycles. The Kier molecular flexibility index (Phi) is 5.48. The summed E-state index contributed by atoms with van der Waals surface area (Å²) in [7, 11) is 3.28. The van der Waals surface area contributed by atoms with E-state index in [4.69, 9.17) is 9.47 Å². The molecule has 30 heavy (non-hydrogen) atoms. The molecule has 156 valence electrons. The van der Waals surface area contributed by atoms with Gasteiger partial charge in [0.05, 0.1) is 26.0 Å². The van der Waals surface area contributed by atoms with Crippen LogP contribution >= 0.6 is 0 Å². The van der Waals surface area contributed by atoms with E-state index in [1.165, 1.54) is 5.56 Å². The number of aryl methyl sites for hydroxylation is 2. The van der Waals surface area contributed by atoms with Gasteiger partial charge in [-0.3, -0.25) is 9.48 Å². The first-order valence-electron chi connectivity index (χ1n) is 10.1. The molecule has 2 heterocycles. The normalized spacial score (nSPS) is 15.6. The smallest absolute Gasteiger partial charge is 0.245 e. The van der Waals surface area contributed by atoms with Gasteiger partial charge in [0.2, 0.25) is 5.91 Å². The summed E-state index contributed by atoms with van der Waals surface area (Å²) in [6.45, 7) is 4.79. The molecule has 1 unspecified atom stereocenters. The van der Waals surface area contributed by atoms with Crippen molar-refractivity contribution in [2.24, 2.45) is 0 Å². The summed E-state index contributed by atoms with van der Waals surface area (Å²) < 4.78 is 12.8. The van der Waals surface area contributed by atoms with Crippen LogP contribution in [-0.2, 0) is 17.8 Å². The van der Waals surface area contributed by atoms with Crippen molar-refractivity contribution in [1.29, 1.82) is 0 Å². The molecule has 0 fully saturated rings. The number of hydrogen-bond acceptors (Lipinski definition) is 4. The number of rotatable bonds is 5. The van der Waals surface area contributed by atoms with E-state index in [1.54, 1.807) is 18.9 Å². The molecule has 4 rings (SSSR count). The highest BCUT2D eigenvalue weighted by molar-refractivity contribution is 5.78. The third kappa shape index (κ3) is 3.65. The molecular formula is C24H27N3O3. The average molecular weight is 405 g/mol. The number of carbonyl (C=O) groups is 1. The highest BCUT2D eigenvalue weighted by atomic mass is 16.5. The lowest BCUT2D eigenvalue weighted by Gasteiger charge is -2.38. The molecule has 0 aliphatic carbocycles. The van der Waals surface area contributed by atoms with Gasteiger partial charge in [-0.2, -0.15) is 5.10 Å². The summed E-state index contributed by atoms with van der Waals surface area (Å²) in [4.78, 5) is 15.4. The number of methoxy groups -OCH3 is 2. The molecule has 1 amide bonds. The van der Waals surface area contributed by atoms with Crippen LogP contribution in [0.3, 0.4) is 0 Å². The van der Waals surface area contributed by atoms with E-state index in [1.807, 2.05) is 55.1 Å². The third-order valence-electron chi connectivity index (χ3n) is 5.70. The zero-order chi connectivity index (χ0) is 21.3. The summed E-state index contributed by atoms with van der Waals surface area (Å²) >= 11 is 0. The fourth-order valence-electron chi connectivity index (χ4n) is 4.26. The predicted octanol–water partition coefficient (Wildman–Crippen LogP) is 3.69. The Labute approximate surface area is 177 Å². The standard InChI is InChI=1S/C24H27N3O3/c1-16-12-17(2)27(25-16)15-23(28)26-11-10-19-13-21(29-3)22(30-4)14-20(19)24(26)18-8-6-5-7-9-18/h5-9,12-14,24H,10-11,15H2,1-4H3. The summed E-state index contributed by atoms with van der Waals surface area (Å²) in [5, 5.41) is 4.47. The van der Waals surface area contributed by atoms with E-state index < -0.39 is 0 Å². The molecular weight excluding hydrogens is 378 g/mol. The van der Waals surface area contributed by atoms with Gasteiger partial charge in [0.1, 0.15) is 6.54 Å². The maximum atomic E-state index is 13.4. The maximum absolute atomic E-state index is 13.4. The van der Waals surface area contributed by atoms with E-state index in [9.17, 15) is 4.79 Å². The Morgan fingerprint density at radius 3 is 2.40 bits per heavy atom. The highest BCUT2D eigenvalue weighted by Crippen LogP contribution is 2.41. The number of hydrogen-bond donors (Lipinski definition) is 0. The largest absolute Gasteiger partial charge is 0.493 e. The van der Waals surface area contributed by atoms with Crippen molar-refractivity contribution in [2.45, 2.75) is 32.9 Å². The lowest BCUT2D eigenvalue weighted by Crippen LogP contribution is -2.42. The number of benzene rings is 2. The van der Waals surface area contributed by atoms with Crippen LogP contribution in [0, 0.1) is 13.8 Å². The zero-order valence-electron chi connectivity index (χ0n) is 17.9. The van der Waals surface area contributed by atoms with Gasteiger partial charge in [-0.15, -0.1) is 0 Å². The van der Waals surface area contributed by atoms with Gasteiger partial charge in [0.25, 0.3) is 0 Å². The van der Waals surface area contributed by atoms with Crippen LogP contribution in [0.15, 0.2) is 48.5 Å². The SMILES string of the molecule is COc1cc2c(cc1OC)C(c1ccccc1)N(C(=O)Cn1nc(C)cc1C)CC2. The van der Waals surface area contributed by atoms with E-state index in [-0.39, 0.29) is 18.5 Å². The van der Waals surface area contributed by atoms with E-state index >= 15 is 0 Å². The lowest BCUT2D eigenvalue weighted by atomic mass is 9.87. The van der Waals surface area contributed by atoms with Crippen LogP contribution in [0.5, 0.6) is 11.5 Å². The molecule has 0 saturated carbocycles. The summed E-state index contributed by atoms with van der Waals surface area (Å²) in [6.07, 6.45) is 0.766. The molecule has 1 aliphatic rings. The lowest BCUT2D eigenvalue weighted by molar-refractivity contribution is -0.134. The molecule has 2 aromatic carbocycles. The van der Waals surface area contributed by atoms with Crippen LogP contribution in [0.1, 0.15) is 34.1 Å². The number of carbonyl (C=O) groups excluding carboxylic acids is 1. The van der Waals surface area contributed by atoms with Crippen LogP contribution in [-0.4, -0.2) is 41.4 Å². The quantitative estimate of drug-likeness (QED) is 0.650. The number of fused-ring (bicyclic) bond motifs is 1. The minimum Gasteiger partial charge on any atom is -0.493 e. The molecule has 0 N–H and O–H groups in total. The van der Waals surface area contributed by atoms with E-state index in [0.29, 0.717) is 18.0 Å². The highest BCUT2D eigenvalue weighted by Gasteiger charge is 2.33. The fraction of sp³-hybridized carbons (Fsp3) is 0.333. The van der Waals surface area contributed by atoms with Crippen LogP contribution in [0.4, 0.5) is 0 Å². The average Bonchev–Trinajstić information content (AvgIpc) is 3.08. The topological polar surface area (TPSA) is 56.6 Å². The predicted molar refractivity (Wildman–Crippen MR) is 115 cm³/mol. The zero-order valence-corrected chi connectivity index (χ0v) is 17.9. The Morgan fingerprint density at radius 1 is 1.07 bits per heavy atom. The van der Waals surface area contributed by atoms with Gasteiger partial charge >= 0.3 is 0 Å². The first-order valence-corrected chi connectivity index (χ1v) is 10.1. The van der Waals surface area contributed by atoms with Gasteiger partial charge in [-0.05, 0) is 55.2 Å². The molecule has 1 aliphatic heterocycles. The van der Waals surface area contributed by atoms with Gasteiger partial charge in [-0.25, -0.2) is 0 Å². The van der Waals surface area contributed by atoms with Crippen molar-refractivity contribution in [2.75, 3.05) is 20.8 Å². The minimum atomic E-state index is -0.181. The van der Waals surface area contributed by atoms with Crippen molar-refractivity contribution < 1.29 is 14.3 Å². The van der Waals surface area contributed by atoms with Gasteiger partial charge in [-0.1, -0.05) is 30.3 Å². The van der Waals surface area contributed by atoms with Crippen LogP contribution < -0.4 is 9.47 Å². The summed E-state index contributed by atoms with van der Waals surface area (Å²) in [6, 6.07) is 16.0. The van der Waals surface area contributed by atoms with Gasteiger partial charge in [0, 0.05) is 12.2 Å². The second kappa shape index (κ2) is 8.22. The molecule has 6 nitrogen and oxygen atoms in total. The second-order valence-corrected chi connectivity index (χ2v) is 7.64. The first-order chi connectivity index (χ1) is 14.5. The van der Waals surface area contributed by atoms with Crippen molar-refractivity contribution in [3.63, 3.8) is 0 Å². The van der Waals surface area contributed by atoms with E-state index in [0.717, 1.165) is 28.9 Å². The number of nitrogens with zero attached hydrogens (tertiary/aromatic N) is 3. The Hall–Kier alpha value is -3.28. The number of ether oxygens (including phenoxy) is 2. The Balaban J connectivity index is 1.76. The minimum absolute atomic E-state index is 0.0514. The van der Waals surface area contributed by atoms with Crippen LogP contribution in [0.2, 0.25) is 0 Å². The fourth-order valence-corrected chi connectivity index (χ4v) is 4.26. The molecule has 3 aromatic rings. The number of aromatic nitrogens is 2. The molecule has 6 heteroatoms. The van der Waals surface area contributed by atoms with Crippen molar-refractivity contribution in [1.82, 2.24) is 14.7 Å². The van der Waals surface area contributed by atoms with Crippen molar-refractivity contribution >= 4 is 5.91 Å². The number of amides is 1.